The summed E-state index contributed by atoms with van der Waals surface area (Å²) in [5.74, 6) is -1.21. The summed E-state index contributed by atoms with van der Waals surface area (Å²) in [6.45, 7) is 5.76. The van der Waals surface area contributed by atoms with Gasteiger partial charge in [0.2, 0.25) is 0 Å². The Balaban J connectivity index is 4.04. The molecule has 4 heteroatoms. The smallest absolute Gasteiger partial charge is 0.396 e. The fourth-order valence-corrected chi connectivity index (χ4v) is 2.70. The molecule has 4 nitrogen and oxygen atoms in total. The minimum atomic E-state index is -0.734. The van der Waals surface area contributed by atoms with Crippen molar-refractivity contribution in [3.63, 3.8) is 0 Å². The lowest BCUT2D eigenvalue weighted by Crippen LogP contribution is -2.38. The van der Waals surface area contributed by atoms with Crippen molar-refractivity contribution in [2.45, 2.75) is 90.9 Å². The summed E-state index contributed by atoms with van der Waals surface area (Å²) in [7, 11) is 1.27. The zero-order chi connectivity index (χ0) is 17.3. The highest BCUT2D eigenvalue weighted by molar-refractivity contribution is 6.32. The van der Waals surface area contributed by atoms with Gasteiger partial charge in [-0.15, -0.1) is 0 Å². The highest BCUT2D eigenvalue weighted by Gasteiger charge is 2.21. The highest BCUT2D eigenvalue weighted by atomic mass is 16.5. The maximum Gasteiger partial charge on any atom is 0.396 e. The van der Waals surface area contributed by atoms with Crippen molar-refractivity contribution in [2.24, 2.45) is 0 Å². The average Bonchev–Trinajstić information content (AvgIpc) is 2.57. The summed E-state index contributed by atoms with van der Waals surface area (Å²) in [5.41, 5.74) is 0. The van der Waals surface area contributed by atoms with Gasteiger partial charge in [-0.3, -0.25) is 4.79 Å². The Kier molecular flexibility index (Phi) is 15.1. The van der Waals surface area contributed by atoms with Crippen LogP contribution in [-0.4, -0.2) is 37.0 Å². The van der Waals surface area contributed by atoms with E-state index in [1.165, 1.54) is 58.5 Å². The van der Waals surface area contributed by atoms with Crippen molar-refractivity contribution < 1.29 is 14.3 Å². The molecule has 0 aromatic rings. The molecule has 1 amide bonds. The molecule has 0 spiro atoms. The zero-order valence-corrected chi connectivity index (χ0v) is 15.6. The Morgan fingerprint density at radius 2 is 1.09 bits per heavy atom. The number of unbranched alkanes of at least 4 members (excludes halogenated alkanes) is 10. The van der Waals surface area contributed by atoms with Crippen LogP contribution in [0.2, 0.25) is 0 Å². The molecular formula is C19H37NO3. The van der Waals surface area contributed by atoms with E-state index in [4.69, 9.17) is 0 Å². The van der Waals surface area contributed by atoms with Gasteiger partial charge in [-0.05, 0) is 12.8 Å². The first-order valence-electron chi connectivity index (χ1n) is 9.54. The number of carbonyl (C=O) groups excluding carboxylic acids is 2. The summed E-state index contributed by atoms with van der Waals surface area (Å²) in [6.07, 6.45) is 14.2. The number of amides is 1. The highest BCUT2D eigenvalue weighted by Crippen LogP contribution is 2.09. The molecule has 0 atom stereocenters. The molecule has 0 unspecified atom stereocenters. The molecule has 0 aliphatic heterocycles. The van der Waals surface area contributed by atoms with Gasteiger partial charge in [0.15, 0.2) is 0 Å². The molecule has 0 aromatic carbocycles. The van der Waals surface area contributed by atoms with E-state index in [0.717, 1.165) is 25.7 Å². The van der Waals surface area contributed by atoms with Gasteiger partial charge >= 0.3 is 11.9 Å². The van der Waals surface area contributed by atoms with E-state index in [-0.39, 0.29) is 0 Å². The molecule has 0 bridgehead atoms. The van der Waals surface area contributed by atoms with Crippen LogP contribution >= 0.6 is 0 Å². The second-order valence-electron chi connectivity index (χ2n) is 6.32. The van der Waals surface area contributed by atoms with Gasteiger partial charge in [0.25, 0.3) is 0 Å². The molecule has 23 heavy (non-hydrogen) atoms. The molecule has 0 heterocycles. The molecule has 0 rings (SSSR count). The van der Waals surface area contributed by atoms with Crippen molar-refractivity contribution in [1.29, 1.82) is 0 Å². The van der Waals surface area contributed by atoms with Crippen molar-refractivity contribution >= 4 is 11.9 Å². The van der Waals surface area contributed by atoms with E-state index >= 15 is 0 Å². The largest absolute Gasteiger partial charge is 0.462 e. The minimum absolute atomic E-state index is 0.477. The Bertz CT molecular complexity index is 289. The van der Waals surface area contributed by atoms with Gasteiger partial charge in [0.1, 0.15) is 0 Å². The van der Waals surface area contributed by atoms with Crippen molar-refractivity contribution in [3.05, 3.63) is 0 Å². The Morgan fingerprint density at radius 3 is 1.48 bits per heavy atom. The van der Waals surface area contributed by atoms with E-state index in [2.05, 4.69) is 18.6 Å². The number of methoxy groups -OCH3 is 1. The number of hydrogen-bond donors (Lipinski definition) is 0. The maximum absolute atomic E-state index is 12.1. The van der Waals surface area contributed by atoms with Crippen LogP contribution in [0.25, 0.3) is 0 Å². The predicted octanol–water partition coefficient (Wildman–Crippen LogP) is 4.71. The van der Waals surface area contributed by atoms with Gasteiger partial charge in [-0.2, -0.15) is 0 Å². The summed E-state index contributed by atoms with van der Waals surface area (Å²) in [5, 5.41) is 0. The van der Waals surface area contributed by atoms with Crippen LogP contribution in [0.4, 0.5) is 0 Å². The van der Waals surface area contributed by atoms with Crippen LogP contribution in [-0.2, 0) is 14.3 Å². The van der Waals surface area contributed by atoms with E-state index in [9.17, 15) is 9.59 Å². The van der Waals surface area contributed by atoms with Crippen LogP contribution in [0.5, 0.6) is 0 Å². The monoisotopic (exact) mass is 327 g/mol. The summed E-state index contributed by atoms with van der Waals surface area (Å²) in [4.78, 5) is 25.2. The maximum atomic E-state index is 12.1. The topological polar surface area (TPSA) is 46.6 Å². The number of ether oxygens (including phenoxy) is 1. The third kappa shape index (κ3) is 12.1. The molecule has 0 radical (unpaired) electrons. The molecule has 0 saturated heterocycles. The second-order valence-corrected chi connectivity index (χ2v) is 6.32. The van der Waals surface area contributed by atoms with Crippen LogP contribution in [0.3, 0.4) is 0 Å². The quantitative estimate of drug-likeness (QED) is 0.264. The number of hydrogen-bond acceptors (Lipinski definition) is 3. The number of esters is 1. The molecule has 0 aromatic heterocycles. The van der Waals surface area contributed by atoms with Crippen LogP contribution in [0.1, 0.15) is 90.9 Å². The van der Waals surface area contributed by atoms with Crippen molar-refractivity contribution in [1.82, 2.24) is 4.90 Å². The summed E-state index contributed by atoms with van der Waals surface area (Å²) >= 11 is 0. The normalized spacial score (nSPS) is 10.6. The van der Waals surface area contributed by atoms with Crippen LogP contribution in [0, 0.1) is 0 Å². The summed E-state index contributed by atoms with van der Waals surface area (Å²) < 4.78 is 4.58. The molecule has 136 valence electrons. The first-order chi connectivity index (χ1) is 11.2. The Hall–Kier alpha value is -1.06. The lowest BCUT2D eigenvalue weighted by molar-refractivity contribution is -0.158. The molecule has 0 fully saturated rings. The van der Waals surface area contributed by atoms with Gasteiger partial charge in [-0.25, -0.2) is 4.79 Å². The van der Waals surface area contributed by atoms with E-state index in [1.54, 1.807) is 4.90 Å². The van der Waals surface area contributed by atoms with Crippen molar-refractivity contribution in [2.75, 3.05) is 20.2 Å². The molecule has 0 aliphatic carbocycles. The molecule has 0 N–H and O–H groups in total. The zero-order valence-electron chi connectivity index (χ0n) is 15.6. The van der Waals surface area contributed by atoms with E-state index in [0.29, 0.717) is 13.1 Å². The Labute approximate surface area is 143 Å². The van der Waals surface area contributed by atoms with Crippen LogP contribution < -0.4 is 0 Å². The average molecular weight is 328 g/mol. The van der Waals surface area contributed by atoms with Gasteiger partial charge in [-0.1, -0.05) is 78.1 Å². The van der Waals surface area contributed by atoms with Gasteiger partial charge in [0, 0.05) is 13.1 Å². The number of carbonyl (C=O) groups is 2. The third-order valence-corrected chi connectivity index (χ3v) is 4.21. The fourth-order valence-electron chi connectivity index (χ4n) is 2.70. The fraction of sp³-hybridized carbons (Fsp3) is 0.895. The van der Waals surface area contributed by atoms with Crippen molar-refractivity contribution in [3.8, 4) is 0 Å². The molecule has 0 aliphatic rings. The Morgan fingerprint density at radius 1 is 0.696 bits per heavy atom. The van der Waals surface area contributed by atoms with E-state index in [1.807, 2.05) is 0 Å². The lowest BCUT2D eigenvalue weighted by atomic mass is 10.1. The number of rotatable bonds is 14. The first-order valence-corrected chi connectivity index (χ1v) is 9.54. The third-order valence-electron chi connectivity index (χ3n) is 4.21. The van der Waals surface area contributed by atoms with Crippen LogP contribution in [0.15, 0.2) is 0 Å². The van der Waals surface area contributed by atoms with Gasteiger partial charge in [0.05, 0.1) is 7.11 Å². The molecule has 0 saturated carbocycles. The minimum Gasteiger partial charge on any atom is -0.462 e. The standard InChI is InChI=1S/C19H37NO3/c1-4-6-8-10-12-14-16-20(18(21)19(22)23-3)17-15-13-11-9-7-5-2/h4-17H2,1-3H3. The van der Waals surface area contributed by atoms with Gasteiger partial charge < -0.3 is 9.64 Å². The first kappa shape index (κ1) is 21.9. The SMILES string of the molecule is CCCCCCCCN(CCCCCCCC)C(=O)C(=O)OC. The molecular weight excluding hydrogens is 290 g/mol. The lowest BCUT2D eigenvalue weighted by Gasteiger charge is -2.21. The van der Waals surface area contributed by atoms with E-state index < -0.39 is 11.9 Å². The number of nitrogens with zero attached hydrogens (tertiary/aromatic N) is 1. The predicted molar refractivity (Wildman–Crippen MR) is 95.3 cm³/mol. The summed E-state index contributed by atoms with van der Waals surface area (Å²) in [6, 6.07) is 0. The second kappa shape index (κ2) is 15.8.